The maximum atomic E-state index is 12.2. The molecule has 3 heterocycles. The van der Waals surface area contributed by atoms with Crippen molar-refractivity contribution in [2.45, 2.75) is 24.6 Å². The Labute approximate surface area is 170 Å². The minimum absolute atomic E-state index is 0.0366. The van der Waals surface area contributed by atoms with Crippen LogP contribution in [-0.4, -0.2) is 46.4 Å². The van der Waals surface area contributed by atoms with Crippen LogP contribution in [0.5, 0.6) is 0 Å². The Morgan fingerprint density at radius 3 is 2.86 bits per heavy atom. The number of carbonyl (C=O) groups is 1. The molecule has 3 aromatic rings. The van der Waals surface area contributed by atoms with Crippen LogP contribution in [0.2, 0.25) is 0 Å². The maximum Gasteiger partial charge on any atom is 0.246 e. The number of nitrogens with zero attached hydrogens (tertiary/aromatic N) is 3. The summed E-state index contributed by atoms with van der Waals surface area (Å²) in [6, 6.07) is 20.6. The number of ether oxygens (including phenoxy) is 1. The first kappa shape index (κ1) is 18.1. The molecule has 2 aromatic carbocycles. The Morgan fingerprint density at radius 1 is 1.14 bits per heavy atom. The summed E-state index contributed by atoms with van der Waals surface area (Å²) in [6.07, 6.45) is 4.50. The van der Waals surface area contributed by atoms with E-state index in [2.05, 4.69) is 51.7 Å². The topological polar surface area (TPSA) is 59.4 Å². The number of likely N-dealkylation sites (tertiary alicyclic amines) is 1. The lowest BCUT2D eigenvalue weighted by molar-refractivity contribution is -0.152. The van der Waals surface area contributed by atoms with Gasteiger partial charge in [0.25, 0.3) is 0 Å². The third-order valence-electron chi connectivity index (χ3n) is 5.95. The van der Waals surface area contributed by atoms with Crippen LogP contribution in [0.15, 0.2) is 73.1 Å². The van der Waals surface area contributed by atoms with Gasteiger partial charge in [0.1, 0.15) is 6.61 Å². The number of hydrogen-bond acceptors (Lipinski definition) is 4. The number of carbonyl (C=O) groups excluding carboxylic acids is 1. The van der Waals surface area contributed by atoms with E-state index in [-0.39, 0.29) is 18.6 Å². The first-order valence-electron chi connectivity index (χ1n) is 10.0. The number of morpholine rings is 1. The Bertz CT molecular complexity index is 989. The van der Waals surface area contributed by atoms with Gasteiger partial charge in [-0.05, 0) is 35.7 Å². The lowest BCUT2D eigenvalue weighted by Crippen LogP contribution is -2.66. The van der Waals surface area contributed by atoms with Gasteiger partial charge in [-0.1, -0.05) is 42.5 Å². The molecule has 2 aliphatic rings. The van der Waals surface area contributed by atoms with Gasteiger partial charge in [0.15, 0.2) is 0 Å². The number of piperidine rings is 1. The van der Waals surface area contributed by atoms with Gasteiger partial charge >= 0.3 is 0 Å². The SMILES string of the molecule is O=C1CO[C@@H]2CN(Cc3cccc(-n4cccn4)c3)CC[C@@]2(c2ccccc2)N1. The second kappa shape index (κ2) is 7.46. The van der Waals surface area contributed by atoms with Gasteiger partial charge in [-0.25, -0.2) is 4.68 Å². The zero-order chi connectivity index (χ0) is 19.7. The van der Waals surface area contributed by atoms with Crippen LogP contribution < -0.4 is 5.32 Å². The number of rotatable bonds is 4. The molecule has 2 atom stereocenters. The molecule has 1 aromatic heterocycles. The van der Waals surface area contributed by atoms with Crippen LogP contribution in [-0.2, 0) is 21.6 Å². The highest BCUT2D eigenvalue weighted by Gasteiger charge is 2.48. The van der Waals surface area contributed by atoms with Crippen molar-refractivity contribution >= 4 is 5.91 Å². The van der Waals surface area contributed by atoms with Crippen molar-refractivity contribution < 1.29 is 9.53 Å². The predicted molar refractivity (Wildman–Crippen MR) is 109 cm³/mol. The third-order valence-corrected chi connectivity index (χ3v) is 5.95. The normalized spacial score (nSPS) is 24.7. The largest absolute Gasteiger partial charge is 0.364 e. The van der Waals surface area contributed by atoms with E-state index in [0.29, 0.717) is 0 Å². The second-order valence-corrected chi connectivity index (χ2v) is 7.79. The fraction of sp³-hybridized carbons (Fsp3) is 0.304. The van der Waals surface area contributed by atoms with E-state index in [9.17, 15) is 4.79 Å². The van der Waals surface area contributed by atoms with E-state index in [4.69, 9.17) is 4.74 Å². The van der Waals surface area contributed by atoms with Crippen molar-refractivity contribution in [3.8, 4) is 5.69 Å². The molecule has 6 heteroatoms. The van der Waals surface area contributed by atoms with Crippen molar-refractivity contribution in [1.82, 2.24) is 20.0 Å². The van der Waals surface area contributed by atoms with E-state index >= 15 is 0 Å². The summed E-state index contributed by atoms with van der Waals surface area (Å²) in [4.78, 5) is 14.6. The molecule has 2 fully saturated rings. The molecular formula is C23H24N4O2. The van der Waals surface area contributed by atoms with Crippen molar-refractivity contribution in [3.63, 3.8) is 0 Å². The number of benzene rings is 2. The lowest BCUT2D eigenvalue weighted by Gasteiger charge is -2.50. The summed E-state index contributed by atoms with van der Waals surface area (Å²) in [5, 5.41) is 7.58. The molecule has 0 aliphatic carbocycles. The molecule has 1 N–H and O–H groups in total. The van der Waals surface area contributed by atoms with Crippen LogP contribution in [0.4, 0.5) is 0 Å². The minimum atomic E-state index is -0.440. The summed E-state index contributed by atoms with van der Waals surface area (Å²) in [6.45, 7) is 2.64. The fourth-order valence-electron chi connectivity index (χ4n) is 4.53. The van der Waals surface area contributed by atoms with Crippen LogP contribution in [0, 0.1) is 0 Å². The van der Waals surface area contributed by atoms with Gasteiger partial charge < -0.3 is 10.1 Å². The molecule has 2 saturated heterocycles. The molecule has 0 radical (unpaired) electrons. The average Bonchev–Trinajstić information content (AvgIpc) is 3.30. The molecule has 29 heavy (non-hydrogen) atoms. The van der Waals surface area contributed by atoms with Crippen molar-refractivity contribution in [2.24, 2.45) is 0 Å². The highest BCUT2D eigenvalue weighted by atomic mass is 16.5. The van der Waals surface area contributed by atoms with Crippen molar-refractivity contribution in [1.29, 1.82) is 0 Å². The summed E-state index contributed by atoms with van der Waals surface area (Å²) in [5.41, 5.74) is 2.98. The van der Waals surface area contributed by atoms with Gasteiger partial charge in [-0.3, -0.25) is 9.69 Å². The molecule has 5 rings (SSSR count). The number of amides is 1. The molecule has 0 bridgehead atoms. The Hall–Kier alpha value is -2.96. The Morgan fingerprint density at radius 2 is 2.03 bits per heavy atom. The highest BCUT2D eigenvalue weighted by Crippen LogP contribution is 2.37. The number of hydrogen-bond donors (Lipinski definition) is 1. The Kier molecular flexibility index (Phi) is 4.66. The van der Waals surface area contributed by atoms with Crippen LogP contribution in [0.25, 0.3) is 5.69 Å². The number of aromatic nitrogens is 2. The van der Waals surface area contributed by atoms with Gasteiger partial charge in [-0.2, -0.15) is 5.10 Å². The standard InChI is InChI=1S/C23H24N4O2/c28-22-17-29-21-16-26(13-10-23(21,25-22)19-7-2-1-3-8-19)15-18-6-4-9-20(14-18)27-12-5-11-24-27/h1-9,11-12,14,21H,10,13,15-17H2,(H,25,28)/t21-,23+/m1/s1. The summed E-state index contributed by atoms with van der Waals surface area (Å²) < 4.78 is 7.91. The van der Waals surface area contributed by atoms with Crippen molar-refractivity contribution in [2.75, 3.05) is 19.7 Å². The molecule has 1 amide bonds. The zero-order valence-electron chi connectivity index (χ0n) is 16.2. The molecule has 6 nitrogen and oxygen atoms in total. The van der Waals surface area contributed by atoms with E-state index < -0.39 is 5.54 Å². The van der Waals surface area contributed by atoms with Crippen LogP contribution in [0.1, 0.15) is 17.5 Å². The van der Waals surface area contributed by atoms with Gasteiger partial charge in [0, 0.05) is 32.0 Å². The Balaban J connectivity index is 1.35. The maximum absolute atomic E-state index is 12.2. The number of fused-ring (bicyclic) bond motifs is 1. The van der Waals surface area contributed by atoms with Gasteiger partial charge in [-0.15, -0.1) is 0 Å². The summed E-state index contributed by atoms with van der Waals surface area (Å²) in [7, 11) is 0. The average molecular weight is 388 g/mol. The lowest BCUT2D eigenvalue weighted by atomic mass is 9.77. The first-order chi connectivity index (χ1) is 14.2. The summed E-state index contributed by atoms with van der Waals surface area (Å²) in [5.74, 6) is -0.0366. The molecule has 0 spiro atoms. The highest BCUT2D eigenvalue weighted by molar-refractivity contribution is 5.79. The van der Waals surface area contributed by atoms with Crippen LogP contribution >= 0.6 is 0 Å². The van der Waals surface area contributed by atoms with Crippen LogP contribution in [0.3, 0.4) is 0 Å². The molecule has 2 aliphatic heterocycles. The molecule has 148 valence electrons. The van der Waals surface area contributed by atoms with Gasteiger partial charge in [0.05, 0.1) is 17.3 Å². The van der Waals surface area contributed by atoms with E-state index in [1.807, 2.05) is 35.1 Å². The zero-order valence-corrected chi connectivity index (χ0v) is 16.2. The third kappa shape index (κ3) is 3.45. The molecule has 0 saturated carbocycles. The van der Waals surface area contributed by atoms with E-state index in [1.54, 1.807) is 6.20 Å². The second-order valence-electron chi connectivity index (χ2n) is 7.79. The predicted octanol–water partition coefficient (Wildman–Crippen LogP) is 2.49. The van der Waals surface area contributed by atoms with Crippen molar-refractivity contribution in [3.05, 3.63) is 84.2 Å². The fourth-order valence-corrected chi connectivity index (χ4v) is 4.53. The quantitative estimate of drug-likeness (QED) is 0.746. The minimum Gasteiger partial charge on any atom is -0.364 e. The smallest absolute Gasteiger partial charge is 0.246 e. The summed E-state index contributed by atoms with van der Waals surface area (Å²) >= 11 is 0. The first-order valence-corrected chi connectivity index (χ1v) is 10.0. The molecular weight excluding hydrogens is 364 g/mol. The monoisotopic (exact) mass is 388 g/mol. The molecule has 0 unspecified atom stereocenters. The number of nitrogens with one attached hydrogen (secondary N) is 1. The van der Waals surface area contributed by atoms with E-state index in [1.165, 1.54) is 5.56 Å². The van der Waals surface area contributed by atoms with E-state index in [0.717, 1.165) is 37.3 Å². The van der Waals surface area contributed by atoms with Gasteiger partial charge in [0.2, 0.25) is 5.91 Å².